The Kier molecular flexibility index (Phi) is 5.33. The lowest BCUT2D eigenvalue weighted by atomic mass is 10.0. The molecule has 7 nitrogen and oxygen atoms in total. The SMILES string of the molecule is CC#CC(=O)N1CCOc2cc(F)c(-c3csc4c(=O)cc(N5CCOCC5)oc34)cc21. The number of hydrogen-bond acceptors (Lipinski definition) is 7. The third kappa shape index (κ3) is 3.51. The van der Waals surface area contributed by atoms with Crippen molar-refractivity contribution in [2.75, 3.05) is 49.3 Å². The molecule has 0 bridgehead atoms. The van der Waals surface area contributed by atoms with E-state index < -0.39 is 5.82 Å². The largest absolute Gasteiger partial charge is 0.489 e. The summed E-state index contributed by atoms with van der Waals surface area (Å²) in [5.41, 5.74) is 1.26. The highest BCUT2D eigenvalue weighted by Crippen LogP contribution is 2.41. The van der Waals surface area contributed by atoms with Gasteiger partial charge in [0, 0.05) is 41.7 Å². The van der Waals surface area contributed by atoms with Gasteiger partial charge in [0.1, 0.15) is 22.9 Å². The summed E-state index contributed by atoms with van der Waals surface area (Å²) in [6.45, 7) is 4.45. The van der Waals surface area contributed by atoms with Gasteiger partial charge in [-0.1, -0.05) is 5.92 Å². The number of hydrogen-bond donors (Lipinski definition) is 0. The number of ether oxygens (including phenoxy) is 2. The molecule has 4 heterocycles. The first kappa shape index (κ1) is 20.5. The van der Waals surface area contributed by atoms with Crippen LogP contribution in [-0.4, -0.2) is 45.4 Å². The van der Waals surface area contributed by atoms with Crippen molar-refractivity contribution >= 4 is 39.1 Å². The van der Waals surface area contributed by atoms with Crippen molar-refractivity contribution in [2.45, 2.75) is 6.92 Å². The number of rotatable bonds is 2. The van der Waals surface area contributed by atoms with Gasteiger partial charge in [-0.15, -0.1) is 11.3 Å². The first-order valence-corrected chi connectivity index (χ1v) is 11.0. The second-order valence-electron chi connectivity index (χ2n) is 7.34. The maximum Gasteiger partial charge on any atom is 0.303 e. The van der Waals surface area contributed by atoms with E-state index in [1.807, 2.05) is 4.90 Å². The number of anilines is 2. The summed E-state index contributed by atoms with van der Waals surface area (Å²) in [4.78, 5) is 28.6. The van der Waals surface area contributed by atoms with E-state index in [4.69, 9.17) is 13.9 Å². The number of nitrogens with zero attached hydrogens (tertiary/aromatic N) is 2. The Morgan fingerprint density at radius 1 is 1.12 bits per heavy atom. The van der Waals surface area contributed by atoms with Gasteiger partial charge < -0.3 is 18.8 Å². The predicted octanol–water partition coefficient (Wildman–Crippen LogP) is 3.25. The van der Waals surface area contributed by atoms with E-state index >= 15 is 4.39 Å². The van der Waals surface area contributed by atoms with Crippen LogP contribution in [0.15, 0.2) is 32.8 Å². The zero-order chi connectivity index (χ0) is 22.2. The van der Waals surface area contributed by atoms with Gasteiger partial charge in [-0.2, -0.15) is 0 Å². The molecule has 164 valence electrons. The van der Waals surface area contributed by atoms with Crippen molar-refractivity contribution < 1.29 is 23.1 Å². The minimum atomic E-state index is -0.529. The van der Waals surface area contributed by atoms with Gasteiger partial charge in [-0.05, 0) is 18.9 Å². The fraction of sp³-hybridized carbons (Fsp3) is 0.304. The summed E-state index contributed by atoms with van der Waals surface area (Å²) in [6.07, 6.45) is 0. The van der Waals surface area contributed by atoms with Gasteiger partial charge in [-0.25, -0.2) is 4.39 Å². The molecule has 2 aromatic heterocycles. The van der Waals surface area contributed by atoms with Gasteiger partial charge in [-0.3, -0.25) is 14.5 Å². The lowest BCUT2D eigenvalue weighted by Gasteiger charge is -2.28. The van der Waals surface area contributed by atoms with Crippen LogP contribution < -0.4 is 20.0 Å². The lowest BCUT2D eigenvalue weighted by molar-refractivity contribution is -0.113. The first-order valence-electron chi connectivity index (χ1n) is 10.2. The summed E-state index contributed by atoms with van der Waals surface area (Å²) in [5.74, 6) is 4.92. The standard InChI is InChI=1S/C23H19FN2O5S/c1-2-3-20(28)26-6-9-30-19-11-16(24)14(10-17(19)26)15-13-32-23-18(27)12-21(31-22(15)23)25-4-7-29-8-5-25/h10-13H,4-9H2,1H3. The fourth-order valence-electron chi connectivity index (χ4n) is 3.88. The quantitative estimate of drug-likeness (QED) is 0.554. The van der Waals surface area contributed by atoms with Crippen LogP contribution in [0.2, 0.25) is 0 Å². The molecule has 32 heavy (non-hydrogen) atoms. The lowest BCUT2D eigenvalue weighted by Crippen LogP contribution is -2.37. The number of carbonyl (C=O) groups is 1. The molecule has 0 atom stereocenters. The third-order valence-electron chi connectivity index (χ3n) is 5.43. The molecule has 0 aliphatic carbocycles. The maximum absolute atomic E-state index is 15.1. The molecule has 9 heteroatoms. The third-order valence-corrected chi connectivity index (χ3v) is 6.41. The molecule has 1 saturated heterocycles. The molecule has 0 saturated carbocycles. The van der Waals surface area contributed by atoms with Gasteiger partial charge in [0.15, 0.2) is 11.5 Å². The number of carbonyl (C=O) groups excluding carboxylic acids is 1. The molecule has 2 aliphatic rings. The van der Waals surface area contributed by atoms with Crippen molar-refractivity contribution in [1.29, 1.82) is 0 Å². The smallest absolute Gasteiger partial charge is 0.303 e. The van der Waals surface area contributed by atoms with E-state index in [9.17, 15) is 9.59 Å². The van der Waals surface area contributed by atoms with Crippen molar-refractivity contribution in [2.24, 2.45) is 0 Å². The Balaban J connectivity index is 1.64. The number of halogens is 1. The number of thiophene rings is 1. The Morgan fingerprint density at radius 2 is 1.94 bits per heavy atom. The van der Waals surface area contributed by atoms with Crippen LogP contribution in [0.5, 0.6) is 5.75 Å². The van der Waals surface area contributed by atoms with Gasteiger partial charge in [0.25, 0.3) is 0 Å². The van der Waals surface area contributed by atoms with E-state index in [0.717, 1.165) is 0 Å². The van der Waals surface area contributed by atoms with E-state index in [-0.39, 0.29) is 29.3 Å². The Labute approximate surface area is 186 Å². The van der Waals surface area contributed by atoms with Crippen LogP contribution in [-0.2, 0) is 9.53 Å². The number of benzene rings is 1. The molecular weight excluding hydrogens is 435 g/mol. The Morgan fingerprint density at radius 3 is 2.72 bits per heavy atom. The zero-order valence-electron chi connectivity index (χ0n) is 17.3. The normalized spacial score (nSPS) is 15.7. The van der Waals surface area contributed by atoms with Gasteiger partial charge in [0.2, 0.25) is 5.43 Å². The average Bonchev–Trinajstić information content (AvgIpc) is 3.23. The molecule has 3 aromatic rings. The van der Waals surface area contributed by atoms with Crippen LogP contribution >= 0.6 is 11.3 Å². The highest BCUT2D eigenvalue weighted by molar-refractivity contribution is 7.17. The van der Waals surface area contributed by atoms with E-state index in [1.165, 1.54) is 28.4 Å². The van der Waals surface area contributed by atoms with Crippen LogP contribution in [0, 0.1) is 17.7 Å². The number of morpholine rings is 1. The van der Waals surface area contributed by atoms with Crippen molar-refractivity contribution in [3.05, 3.63) is 39.6 Å². The molecule has 0 spiro atoms. The van der Waals surface area contributed by atoms with Gasteiger partial charge >= 0.3 is 5.91 Å². The molecule has 5 rings (SSSR count). The predicted molar refractivity (Wildman–Crippen MR) is 120 cm³/mol. The summed E-state index contributed by atoms with van der Waals surface area (Å²) >= 11 is 1.20. The summed E-state index contributed by atoms with van der Waals surface area (Å²) in [6, 6.07) is 4.29. The summed E-state index contributed by atoms with van der Waals surface area (Å²) in [7, 11) is 0. The highest BCUT2D eigenvalue weighted by Gasteiger charge is 2.27. The second kappa shape index (κ2) is 8.30. The fourth-order valence-corrected chi connectivity index (χ4v) is 4.79. The van der Waals surface area contributed by atoms with E-state index in [0.29, 0.717) is 60.3 Å². The van der Waals surface area contributed by atoms with Crippen molar-refractivity contribution in [3.63, 3.8) is 0 Å². The maximum atomic E-state index is 15.1. The summed E-state index contributed by atoms with van der Waals surface area (Å²) in [5, 5.41) is 1.70. The van der Waals surface area contributed by atoms with Crippen molar-refractivity contribution in [3.8, 4) is 28.7 Å². The van der Waals surface area contributed by atoms with Crippen LogP contribution in [0.4, 0.5) is 16.0 Å². The minimum absolute atomic E-state index is 0.180. The van der Waals surface area contributed by atoms with Crippen molar-refractivity contribution in [1.82, 2.24) is 0 Å². The monoisotopic (exact) mass is 454 g/mol. The molecule has 2 aliphatic heterocycles. The average molecular weight is 454 g/mol. The zero-order valence-corrected chi connectivity index (χ0v) is 18.1. The minimum Gasteiger partial charge on any atom is -0.489 e. The van der Waals surface area contributed by atoms with E-state index in [2.05, 4.69) is 11.8 Å². The van der Waals surface area contributed by atoms with Crippen LogP contribution in [0.3, 0.4) is 0 Å². The topological polar surface area (TPSA) is 72.2 Å². The Bertz CT molecular complexity index is 1330. The van der Waals surface area contributed by atoms with Crippen LogP contribution in [0.1, 0.15) is 6.92 Å². The van der Waals surface area contributed by atoms with Gasteiger partial charge in [0.05, 0.1) is 25.4 Å². The number of fused-ring (bicyclic) bond motifs is 2. The molecule has 1 fully saturated rings. The van der Waals surface area contributed by atoms with E-state index in [1.54, 1.807) is 18.4 Å². The molecule has 1 amide bonds. The second-order valence-corrected chi connectivity index (χ2v) is 8.22. The molecule has 0 radical (unpaired) electrons. The molecular formula is C23H19FN2O5S. The molecule has 0 unspecified atom stereocenters. The molecule has 0 N–H and O–H groups in total. The Hall–Kier alpha value is -3.35. The van der Waals surface area contributed by atoms with Crippen LogP contribution in [0.25, 0.3) is 21.4 Å². The highest BCUT2D eigenvalue weighted by atomic mass is 32.1. The summed E-state index contributed by atoms with van der Waals surface area (Å²) < 4.78 is 32.6. The number of amides is 1. The first-order chi connectivity index (χ1) is 15.6. The molecule has 1 aromatic carbocycles.